The number of nitrogens with two attached hydrogens (primary N) is 1. The molecule has 0 aromatic carbocycles. The van der Waals surface area contributed by atoms with Crippen LogP contribution < -0.4 is 10.6 Å². The van der Waals surface area contributed by atoms with E-state index in [4.69, 9.17) is 17.3 Å². The Morgan fingerprint density at radius 3 is 2.56 bits per heavy atom. The van der Waals surface area contributed by atoms with Gasteiger partial charge in [-0.3, -0.25) is 0 Å². The maximum absolute atomic E-state index is 5.98. The second-order valence-corrected chi connectivity index (χ2v) is 4.84. The summed E-state index contributed by atoms with van der Waals surface area (Å²) in [4.78, 5) is 6.48. The Labute approximate surface area is 103 Å². The van der Waals surface area contributed by atoms with E-state index >= 15 is 0 Å². The van der Waals surface area contributed by atoms with Crippen LogP contribution in [0.2, 0.25) is 5.02 Å². The number of halogens is 1. The molecule has 0 saturated heterocycles. The van der Waals surface area contributed by atoms with E-state index in [1.165, 1.54) is 0 Å². The van der Waals surface area contributed by atoms with Crippen molar-refractivity contribution >= 4 is 17.4 Å². The van der Waals surface area contributed by atoms with Crippen LogP contribution in [0, 0.1) is 5.92 Å². The van der Waals surface area contributed by atoms with Crippen LogP contribution in [0.25, 0.3) is 0 Å². The summed E-state index contributed by atoms with van der Waals surface area (Å²) in [6, 6.07) is 2.39. The highest BCUT2D eigenvalue weighted by molar-refractivity contribution is 6.31. The van der Waals surface area contributed by atoms with Crippen LogP contribution in [0.15, 0.2) is 12.3 Å². The van der Waals surface area contributed by atoms with Crippen LogP contribution >= 0.6 is 11.6 Å². The molecule has 1 rings (SSSR count). The van der Waals surface area contributed by atoms with E-state index in [0.29, 0.717) is 23.5 Å². The van der Waals surface area contributed by atoms with E-state index in [2.05, 4.69) is 30.7 Å². The highest BCUT2D eigenvalue weighted by Crippen LogP contribution is 2.22. The molecule has 0 aliphatic carbocycles. The predicted octanol–water partition coefficient (Wildman–Crippen LogP) is 2.67. The molecular weight excluding hydrogens is 222 g/mol. The minimum atomic E-state index is 0.430. The fraction of sp³-hybridized carbons (Fsp3) is 0.583. The Morgan fingerprint density at radius 1 is 1.44 bits per heavy atom. The Hall–Kier alpha value is -0.800. The van der Waals surface area contributed by atoms with Crippen molar-refractivity contribution in [2.45, 2.75) is 33.4 Å². The molecule has 0 bridgehead atoms. The highest BCUT2D eigenvalue weighted by Gasteiger charge is 2.15. The summed E-state index contributed by atoms with van der Waals surface area (Å²) < 4.78 is 0. The van der Waals surface area contributed by atoms with Crippen molar-refractivity contribution < 1.29 is 0 Å². The molecule has 0 aliphatic heterocycles. The van der Waals surface area contributed by atoms with Crippen LogP contribution in [-0.2, 0) is 6.54 Å². The lowest BCUT2D eigenvalue weighted by molar-refractivity contribution is 0.502. The van der Waals surface area contributed by atoms with E-state index in [0.717, 1.165) is 11.4 Å². The van der Waals surface area contributed by atoms with Gasteiger partial charge in [0.05, 0.1) is 5.02 Å². The lowest BCUT2D eigenvalue weighted by Gasteiger charge is -2.29. The average molecular weight is 242 g/mol. The molecule has 0 saturated carbocycles. The standard InChI is InChI=1S/C12H20ClN3/c1-8(2)9(3)16(4)12-5-10(6-14)11(13)7-15-12/h5,7-9H,6,14H2,1-4H3. The molecule has 0 spiro atoms. The van der Waals surface area contributed by atoms with Gasteiger partial charge in [-0.1, -0.05) is 25.4 Å². The van der Waals surface area contributed by atoms with Gasteiger partial charge < -0.3 is 10.6 Å². The summed E-state index contributed by atoms with van der Waals surface area (Å²) in [5.41, 5.74) is 6.56. The molecule has 1 unspecified atom stereocenters. The van der Waals surface area contributed by atoms with Gasteiger partial charge in [-0.15, -0.1) is 0 Å². The smallest absolute Gasteiger partial charge is 0.128 e. The number of nitrogens with zero attached hydrogens (tertiary/aromatic N) is 2. The minimum Gasteiger partial charge on any atom is -0.357 e. The zero-order valence-corrected chi connectivity index (χ0v) is 11.1. The maximum atomic E-state index is 5.98. The first kappa shape index (κ1) is 13.3. The summed E-state index contributed by atoms with van der Waals surface area (Å²) >= 11 is 5.98. The van der Waals surface area contributed by atoms with E-state index in [1.807, 2.05) is 13.1 Å². The molecule has 0 radical (unpaired) electrons. The monoisotopic (exact) mass is 241 g/mol. The molecule has 1 aromatic heterocycles. The van der Waals surface area contributed by atoms with Gasteiger partial charge in [0.25, 0.3) is 0 Å². The van der Waals surface area contributed by atoms with Gasteiger partial charge in [0, 0.05) is 25.8 Å². The number of aromatic nitrogens is 1. The second-order valence-electron chi connectivity index (χ2n) is 4.43. The SMILES string of the molecule is CC(C)C(C)N(C)c1cc(CN)c(Cl)cn1. The minimum absolute atomic E-state index is 0.430. The molecule has 0 amide bonds. The summed E-state index contributed by atoms with van der Waals surface area (Å²) in [5.74, 6) is 1.50. The third-order valence-corrected chi connectivity index (χ3v) is 3.42. The number of hydrogen-bond acceptors (Lipinski definition) is 3. The van der Waals surface area contributed by atoms with Crippen LogP contribution in [-0.4, -0.2) is 18.1 Å². The zero-order chi connectivity index (χ0) is 12.3. The molecule has 1 aromatic rings. The van der Waals surface area contributed by atoms with Crippen molar-refractivity contribution in [3.8, 4) is 0 Å². The highest BCUT2D eigenvalue weighted by atomic mass is 35.5. The molecule has 0 aliphatic rings. The third-order valence-electron chi connectivity index (χ3n) is 3.08. The van der Waals surface area contributed by atoms with Crippen molar-refractivity contribution in [3.05, 3.63) is 22.8 Å². The molecule has 4 heteroatoms. The first-order chi connectivity index (χ1) is 7.47. The number of anilines is 1. The van der Waals surface area contributed by atoms with Crippen molar-refractivity contribution in [3.63, 3.8) is 0 Å². The molecule has 2 N–H and O–H groups in total. The lowest BCUT2D eigenvalue weighted by Crippen LogP contribution is -2.33. The summed E-state index contributed by atoms with van der Waals surface area (Å²) in [5, 5.41) is 0.636. The molecule has 90 valence electrons. The van der Waals surface area contributed by atoms with Crippen LogP contribution in [0.5, 0.6) is 0 Å². The van der Waals surface area contributed by atoms with E-state index < -0.39 is 0 Å². The van der Waals surface area contributed by atoms with Gasteiger partial charge in [0.2, 0.25) is 0 Å². The normalized spacial score (nSPS) is 12.9. The Bertz CT molecular complexity index is 352. The molecule has 3 nitrogen and oxygen atoms in total. The fourth-order valence-corrected chi connectivity index (χ4v) is 1.65. The van der Waals surface area contributed by atoms with Gasteiger partial charge >= 0.3 is 0 Å². The topological polar surface area (TPSA) is 42.1 Å². The van der Waals surface area contributed by atoms with Crippen LogP contribution in [0.3, 0.4) is 0 Å². The Balaban J connectivity index is 2.96. The molecular formula is C12H20ClN3. The Morgan fingerprint density at radius 2 is 2.06 bits per heavy atom. The van der Waals surface area contributed by atoms with E-state index in [-0.39, 0.29) is 0 Å². The van der Waals surface area contributed by atoms with Crippen molar-refractivity contribution in [1.29, 1.82) is 0 Å². The maximum Gasteiger partial charge on any atom is 0.128 e. The third kappa shape index (κ3) is 2.86. The van der Waals surface area contributed by atoms with Gasteiger partial charge in [0.1, 0.15) is 5.82 Å². The largest absolute Gasteiger partial charge is 0.357 e. The quantitative estimate of drug-likeness (QED) is 0.881. The van der Waals surface area contributed by atoms with Gasteiger partial charge in [0.15, 0.2) is 0 Å². The first-order valence-corrected chi connectivity index (χ1v) is 5.92. The number of rotatable bonds is 4. The van der Waals surface area contributed by atoms with Crippen molar-refractivity contribution in [2.24, 2.45) is 11.7 Å². The summed E-state index contributed by atoms with van der Waals surface area (Å²) in [6.07, 6.45) is 1.67. The summed E-state index contributed by atoms with van der Waals surface area (Å²) in [6.45, 7) is 7.02. The molecule has 0 fully saturated rings. The average Bonchev–Trinajstić information content (AvgIpc) is 2.27. The first-order valence-electron chi connectivity index (χ1n) is 5.54. The van der Waals surface area contributed by atoms with Crippen LogP contribution in [0.4, 0.5) is 5.82 Å². The predicted molar refractivity (Wildman–Crippen MR) is 69.8 cm³/mol. The van der Waals surface area contributed by atoms with Gasteiger partial charge in [-0.25, -0.2) is 4.98 Å². The van der Waals surface area contributed by atoms with Crippen molar-refractivity contribution in [1.82, 2.24) is 4.98 Å². The number of hydrogen-bond donors (Lipinski definition) is 1. The van der Waals surface area contributed by atoms with E-state index in [9.17, 15) is 0 Å². The zero-order valence-electron chi connectivity index (χ0n) is 10.4. The van der Waals surface area contributed by atoms with Crippen LogP contribution in [0.1, 0.15) is 26.3 Å². The molecule has 16 heavy (non-hydrogen) atoms. The summed E-state index contributed by atoms with van der Waals surface area (Å²) in [7, 11) is 2.04. The molecule has 1 heterocycles. The number of pyridine rings is 1. The van der Waals surface area contributed by atoms with Crippen molar-refractivity contribution in [2.75, 3.05) is 11.9 Å². The fourth-order valence-electron chi connectivity index (χ4n) is 1.47. The lowest BCUT2D eigenvalue weighted by atomic mass is 10.1. The molecule has 1 atom stereocenters. The van der Waals surface area contributed by atoms with E-state index in [1.54, 1.807) is 6.20 Å². The Kier molecular flexibility index (Phi) is 4.56. The van der Waals surface area contributed by atoms with Gasteiger partial charge in [-0.05, 0) is 24.5 Å². The second kappa shape index (κ2) is 5.51. The van der Waals surface area contributed by atoms with Gasteiger partial charge in [-0.2, -0.15) is 0 Å².